The number of allylic oxidation sites excluding steroid dienone is 1. The minimum absolute atomic E-state index is 0.597. The summed E-state index contributed by atoms with van der Waals surface area (Å²) in [6.07, 6.45) is 9.78. The van der Waals surface area contributed by atoms with E-state index in [4.69, 9.17) is 0 Å². The molecule has 0 radical (unpaired) electrons. The summed E-state index contributed by atoms with van der Waals surface area (Å²) in [7, 11) is 0. The first kappa shape index (κ1) is 31.2. The van der Waals surface area contributed by atoms with Crippen LogP contribution < -0.4 is 4.90 Å². The van der Waals surface area contributed by atoms with Gasteiger partial charge in [0.15, 0.2) is 0 Å². The molecule has 0 aliphatic heterocycles. The van der Waals surface area contributed by atoms with Gasteiger partial charge in [-0.3, -0.25) is 0 Å². The van der Waals surface area contributed by atoms with Crippen LogP contribution in [0.1, 0.15) is 45.1 Å². The van der Waals surface area contributed by atoms with Gasteiger partial charge in [-0.05, 0) is 98.1 Å². The number of nitrogens with zero attached hydrogens (tertiary/aromatic N) is 1. The third-order valence-corrected chi connectivity index (χ3v) is 9.45. The average molecular weight is 622 g/mol. The lowest BCUT2D eigenvalue weighted by molar-refractivity contribution is 0.577. The van der Waals surface area contributed by atoms with Crippen molar-refractivity contribution >= 4 is 44.7 Å². The standard InChI is InChI=1S/C47H43N/c1-3-4-7-16-35(2)25-26-36-27-31-40(32-28-36)48(39-19-10-6-11-20-39)41-33-29-38(30-34-41)47-44-23-14-12-21-42(44)46(37-17-8-5-9-18-37)43-22-13-15-24-45(43)47/h5-6,8-15,17-35H,3-4,7,16H2,1-2H3. The third kappa shape index (κ3) is 6.55. The van der Waals surface area contributed by atoms with Crippen molar-refractivity contribution in [1.29, 1.82) is 0 Å². The molecule has 0 aliphatic carbocycles. The monoisotopic (exact) mass is 621 g/mol. The number of anilines is 3. The molecule has 7 aromatic carbocycles. The predicted molar refractivity (Wildman–Crippen MR) is 209 cm³/mol. The van der Waals surface area contributed by atoms with Gasteiger partial charge in [0.05, 0.1) is 0 Å². The number of hydrogen-bond donors (Lipinski definition) is 0. The Morgan fingerprint density at radius 3 is 1.44 bits per heavy atom. The molecule has 0 saturated heterocycles. The molecular formula is C47H43N. The fourth-order valence-electron chi connectivity index (χ4n) is 6.98. The van der Waals surface area contributed by atoms with Gasteiger partial charge in [0.1, 0.15) is 0 Å². The van der Waals surface area contributed by atoms with Gasteiger partial charge in [-0.2, -0.15) is 0 Å². The Morgan fingerprint density at radius 1 is 0.479 bits per heavy atom. The Morgan fingerprint density at radius 2 is 0.917 bits per heavy atom. The van der Waals surface area contributed by atoms with Gasteiger partial charge in [0.25, 0.3) is 0 Å². The summed E-state index contributed by atoms with van der Waals surface area (Å²) in [4.78, 5) is 2.35. The number of fused-ring (bicyclic) bond motifs is 2. The van der Waals surface area contributed by atoms with E-state index >= 15 is 0 Å². The second kappa shape index (κ2) is 14.6. The summed E-state index contributed by atoms with van der Waals surface area (Å²) in [5, 5.41) is 5.09. The van der Waals surface area contributed by atoms with E-state index in [0.717, 1.165) is 17.1 Å². The smallest absolute Gasteiger partial charge is 0.0462 e. The van der Waals surface area contributed by atoms with Crippen molar-refractivity contribution in [3.8, 4) is 22.3 Å². The van der Waals surface area contributed by atoms with Crippen molar-refractivity contribution < 1.29 is 0 Å². The lowest BCUT2D eigenvalue weighted by Gasteiger charge is -2.26. The van der Waals surface area contributed by atoms with Gasteiger partial charge in [0.2, 0.25) is 0 Å². The van der Waals surface area contributed by atoms with Crippen molar-refractivity contribution in [3.63, 3.8) is 0 Å². The number of hydrogen-bond acceptors (Lipinski definition) is 1. The highest BCUT2D eigenvalue weighted by Gasteiger charge is 2.17. The first-order valence-corrected chi connectivity index (χ1v) is 17.4. The molecule has 1 heteroatoms. The first-order valence-electron chi connectivity index (χ1n) is 17.4. The minimum atomic E-state index is 0.597. The molecule has 0 aliphatic rings. The molecular weight excluding hydrogens is 579 g/mol. The van der Waals surface area contributed by atoms with Crippen molar-refractivity contribution in [2.75, 3.05) is 4.90 Å². The zero-order valence-electron chi connectivity index (χ0n) is 28.0. The van der Waals surface area contributed by atoms with E-state index in [1.807, 2.05) is 0 Å². The van der Waals surface area contributed by atoms with E-state index < -0.39 is 0 Å². The Hall–Kier alpha value is -5.40. The van der Waals surface area contributed by atoms with Crippen LogP contribution in [-0.2, 0) is 0 Å². The van der Waals surface area contributed by atoms with Crippen molar-refractivity contribution in [2.24, 2.45) is 5.92 Å². The highest BCUT2D eigenvalue weighted by molar-refractivity contribution is 6.21. The van der Waals surface area contributed by atoms with Gasteiger partial charge in [-0.25, -0.2) is 0 Å². The first-order chi connectivity index (χ1) is 23.7. The summed E-state index contributed by atoms with van der Waals surface area (Å²) in [6.45, 7) is 4.59. The van der Waals surface area contributed by atoms with Gasteiger partial charge in [-0.15, -0.1) is 0 Å². The van der Waals surface area contributed by atoms with E-state index in [1.165, 1.54) is 75.0 Å². The molecule has 0 fully saturated rings. The van der Waals surface area contributed by atoms with Crippen LogP contribution in [0.2, 0.25) is 0 Å². The molecule has 1 nitrogen and oxygen atoms in total. The molecule has 0 aromatic heterocycles. The quantitative estimate of drug-likeness (QED) is 0.103. The minimum Gasteiger partial charge on any atom is -0.311 e. The largest absolute Gasteiger partial charge is 0.311 e. The maximum Gasteiger partial charge on any atom is 0.0462 e. The summed E-state index contributed by atoms with van der Waals surface area (Å²) in [6, 6.07) is 57.2. The van der Waals surface area contributed by atoms with E-state index in [9.17, 15) is 0 Å². The lowest BCUT2D eigenvalue weighted by Crippen LogP contribution is -2.09. The number of benzene rings is 7. The second-order valence-corrected chi connectivity index (χ2v) is 12.8. The molecule has 0 saturated carbocycles. The van der Waals surface area contributed by atoms with Crippen LogP contribution in [0.5, 0.6) is 0 Å². The van der Waals surface area contributed by atoms with Crippen LogP contribution in [0.3, 0.4) is 0 Å². The topological polar surface area (TPSA) is 3.24 Å². The molecule has 0 spiro atoms. The molecule has 0 amide bonds. The van der Waals surface area contributed by atoms with Crippen molar-refractivity contribution in [3.05, 3.63) is 169 Å². The second-order valence-electron chi connectivity index (χ2n) is 12.8. The highest BCUT2D eigenvalue weighted by Crippen LogP contribution is 2.44. The van der Waals surface area contributed by atoms with Gasteiger partial charge in [-0.1, -0.05) is 167 Å². The summed E-state index contributed by atoms with van der Waals surface area (Å²) >= 11 is 0. The van der Waals surface area contributed by atoms with E-state index in [-0.39, 0.29) is 0 Å². The number of unbranched alkanes of at least 4 members (excludes halogenated alkanes) is 2. The van der Waals surface area contributed by atoms with E-state index in [1.54, 1.807) is 0 Å². The molecule has 7 aromatic rings. The normalized spacial score (nSPS) is 12.1. The third-order valence-electron chi connectivity index (χ3n) is 9.45. The summed E-state index contributed by atoms with van der Waals surface area (Å²) < 4.78 is 0. The average Bonchev–Trinajstić information content (AvgIpc) is 3.15. The maximum absolute atomic E-state index is 2.36. The molecule has 236 valence electrons. The number of para-hydroxylation sites is 1. The Balaban J connectivity index is 1.27. The SMILES string of the molecule is CCCCCC(C)C=Cc1ccc(N(c2ccccc2)c2ccc(-c3c4ccccc4c(-c4ccccc4)c4ccccc34)cc2)cc1. The zero-order valence-corrected chi connectivity index (χ0v) is 28.0. The predicted octanol–water partition coefficient (Wildman–Crippen LogP) is 14.0. The molecule has 7 rings (SSSR count). The van der Waals surface area contributed by atoms with Gasteiger partial charge >= 0.3 is 0 Å². The van der Waals surface area contributed by atoms with Crippen LogP contribution in [0.15, 0.2) is 164 Å². The van der Waals surface area contributed by atoms with Crippen LogP contribution in [0.4, 0.5) is 17.1 Å². The van der Waals surface area contributed by atoms with E-state index in [2.05, 4.69) is 189 Å². The Bertz CT molecular complexity index is 2070. The summed E-state index contributed by atoms with van der Waals surface area (Å²) in [5.41, 5.74) is 9.68. The Kier molecular flexibility index (Phi) is 9.48. The molecule has 0 bridgehead atoms. The van der Waals surface area contributed by atoms with Gasteiger partial charge in [0, 0.05) is 17.1 Å². The fourth-order valence-corrected chi connectivity index (χ4v) is 6.98. The molecule has 0 heterocycles. The van der Waals surface area contributed by atoms with Gasteiger partial charge < -0.3 is 4.90 Å². The Labute approximate surface area is 285 Å². The molecule has 1 atom stereocenters. The van der Waals surface area contributed by atoms with Crippen molar-refractivity contribution in [2.45, 2.75) is 39.5 Å². The van der Waals surface area contributed by atoms with Crippen LogP contribution in [-0.4, -0.2) is 0 Å². The fraction of sp³-hybridized carbons (Fsp3) is 0.149. The van der Waals surface area contributed by atoms with Crippen molar-refractivity contribution in [1.82, 2.24) is 0 Å². The molecule has 0 N–H and O–H groups in total. The molecule has 48 heavy (non-hydrogen) atoms. The highest BCUT2D eigenvalue weighted by atomic mass is 15.1. The van der Waals surface area contributed by atoms with Crippen LogP contribution in [0.25, 0.3) is 49.9 Å². The number of rotatable bonds is 11. The molecule has 1 unspecified atom stereocenters. The van der Waals surface area contributed by atoms with E-state index in [0.29, 0.717) is 5.92 Å². The summed E-state index contributed by atoms with van der Waals surface area (Å²) in [5.74, 6) is 0.597. The lowest BCUT2D eigenvalue weighted by atomic mass is 9.86. The maximum atomic E-state index is 2.36. The zero-order chi connectivity index (χ0) is 32.7. The van der Waals surface area contributed by atoms with Crippen LogP contribution >= 0.6 is 0 Å². The van der Waals surface area contributed by atoms with Crippen LogP contribution in [0, 0.1) is 5.92 Å².